The van der Waals surface area contributed by atoms with Crippen LogP contribution < -0.4 is 5.32 Å². The first-order chi connectivity index (χ1) is 10.1. The summed E-state index contributed by atoms with van der Waals surface area (Å²) in [6.45, 7) is 4.93. The highest BCUT2D eigenvalue weighted by molar-refractivity contribution is 9.10. The molecular weight excluding hydrogens is 357 g/mol. The fraction of sp³-hybridized carbons (Fsp3) is 0.333. The Labute approximate surface area is 137 Å². The molecule has 0 amide bonds. The molecule has 0 atom stereocenters. The normalized spacial score (nSPS) is 10.7. The molecule has 0 saturated heterocycles. The third-order valence-corrected chi connectivity index (χ3v) is 4.10. The number of nitrogens with one attached hydrogen (secondary N) is 1. The van der Waals surface area contributed by atoms with Crippen molar-refractivity contribution in [3.63, 3.8) is 0 Å². The van der Waals surface area contributed by atoms with E-state index in [2.05, 4.69) is 38.1 Å². The molecule has 2 aromatic rings. The van der Waals surface area contributed by atoms with Crippen molar-refractivity contribution in [3.8, 4) is 11.4 Å². The van der Waals surface area contributed by atoms with E-state index in [-0.39, 0.29) is 5.02 Å². The van der Waals surface area contributed by atoms with Crippen molar-refractivity contribution in [2.45, 2.75) is 26.7 Å². The van der Waals surface area contributed by atoms with Gasteiger partial charge in [-0.05, 0) is 47.0 Å². The maximum absolute atomic E-state index is 13.3. The minimum Gasteiger partial charge on any atom is -0.369 e. The molecule has 112 valence electrons. The Kier molecular flexibility index (Phi) is 5.53. The number of hydrogen-bond donors (Lipinski definition) is 1. The largest absolute Gasteiger partial charge is 0.369 e. The molecule has 0 unspecified atom stereocenters. The predicted molar refractivity (Wildman–Crippen MR) is 88.3 cm³/mol. The standard InChI is InChI=1S/C15H16BrClFN3/c1-3-7-19-15-13(16)12(4-2)20-14(21-15)9-5-6-11(18)10(17)8-9/h5-6,8H,3-4,7H2,1-2H3,(H,19,20,21). The molecule has 6 heteroatoms. The quantitative estimate of drug-likeness (QED) is 0.795. The van der Waals surface area contributed by atoms with Crippen molar-refractivity contribution in [2.24, 2.45) is 0 Å². The molecule has 0 radical (unpaired) electrons. The highest BCUT2D eigenvalue weighted by Crippen LogP contribution is 2.29. The van der Waals surface area contributed by atoms with Crippen molar-refractivity contribution >= 4 is 33.3 Å². The summed E-state index contributed by atoms with van der Waals surface area (Å²) in [6.07, 6.45) is 1.77. The maximum Gasteiger partial charge on any atom is 0.161 e. The van der Waals surface area contributed by atoms with Gasteiger partial charge in [0.1, 0.15) is 11.6 Å². The van der Waals surface area contributed by atoms with E-state index in [1.165, 1.54) is 6.07 Å². The van der Waals surface area contributed by atoms with E-state index in [0.29, 0.717) is 11.4 Å². The minimum absolute atomic E-state index is 0.0696. The van der Waals surface area contributed by atoms with Gasteiger partial charge in [0, 0.05) is 12.1 Å². The maximum atomic E-state index is 13.3. The molecule has 2 rings (SSSR count). The Hall–Kier alpha value is -1.20. The zero-order valence-corrected chi connectivity index (χ0v) is 14.2. The van der Waals surface area contributed by atoms with Gasteiger partial charge in [-0.25, -0.2) is 14.4 Å². The summed E-state index contributed by atoms with van der Waals surface area (Å²) < 4.78 is 14.1. The first kappa shape index (κ1) is 16.2. The number of rotatable bonds is 5. The van der Waals surface area contributed by atoms with Gasteiger partial charge in [-0.3, -0.25) is 0 Å². The summed E-state index contributed by atoms with van der Waals surface area (Å²) in [7, 11) is 0. The second-order valence-electron chi connectivity index (χ2n) is 4.57. The van der Waals surface area contributed by atoms with Gasteiger partial charge in [-0.2, -0.15) is 0 Å². The third-order valence-electron chi connectivity index (χ3n) is 2.97. The third kappa shape index (κ3) is 3.71. The lowest BCUT2D eigenvalue weighted by atomic mass is 10.2. The smallest absolute Gasteiger partial charge is 0.161 e. The van der Waals surface area contributed by atoms with Gasteiger partial charge < -0.3 is 5.32 Å². The fourth-order valence-corrected chi connectivity index (χ4v) is 2.63. The van der Waals surface area contributed by atoms with Gasteiger partial charge in [0.2, 0.25) is 0 Å². The van der Waals surface area contributed by atoms with E-state index < -0.39 is 5.82 Å². The zero-order chi connectivity index (χ0) is 15.4. The summed E-state index contributed by atoms with van der Waals surface area (Å²) in [5.74, 6) is 0.840. The molecule has 1 heterocycles. The van der Waals surface area contributed by atoms with Crippen LogP contribution in [0, 0.1) is 5.82 Å². The van der Waals surface area contributed by atoms with Crippen molar-refractivity contribution in [1.82, 2.24) is 9.97 Å². The van der Waals surface area contributed by atoms with Crippen LogP contribution in [-0.2, 0) is 6.42 Å². The first-order valence-electron chi connectivity index (χ1n) is 6.82. The Morgan fingerprint density at radius 2 is 2.05 bits per heavy atom. The fourth-order valence-electron chi connectivity index (χ4n) is 1.85. The summed E-state index contributed by atoms with van der Waals surface area (Å²) in [4.78, 5) is 9.03. The lowest BCUT2D eigenvalue weighted by molar-refractivity contribution is 0.628. The predicted octanol–water partition coefficient (Wildman–Crippen LogP) is 5.08. The molecule has 0 saturated carbocycles. The topological polar surface area (TPSA) is 37.8 Å². The van der Waals surface area contributed by atoms with Crippen LogP contribution in [0.15, 0.2) is 22.7 Å². The minimum atomic E-state index is -0.447. The van der Waals surface area contributed by atoms with E-state index in [4.69, 9.17) is 11.6 Å². The monoisotopic (exact) mass is 371 g/mol. The van der Waals surface area contributed by atoms with Crippen LogP contribution in [0.25, 0.3) is 11.4 Å². The number of aryl methyl sites for hydroxylation is 1. The first-order valence-corrected chi connectivity index (χ1v) is 7.99. The Bertz CT molecular complexity index is 649. The van der Waals surface area contributed by atoms with E-state index in [0.717, 1.165) is 35.4 Å². The van der Waals surface area contributed by atoms with Crippen LogP contribution >= 0.6 is 27.5 Å². The summed E-state index contributed by atoms with van der Waals surface area (Å²) >= 11 is 9.37. The summed E-state index contributed by atoms with van der Waals surface area (Å²) in [5, 5.41) is 3.34. The molecule has 21 heavy (non-hydrogen) atoms. The molecule has 0 spiro atoms. The number of anilines is 1. The van der Waals surface area contributed by atoms with Crippen molar-refractivity contribution in [1.29, 1.82) is 0 Å². The van der Waals surface area contributed by atoms with Crippen LogP contribution in [0.2, 0.25) is 5.02 Å². The van der Waals surface area contributed by atoms with Crippen LogP contribution in [0.4, 0.5) is 10.2 Å². The average molecular weight is 373 g/mol. The molecule has 0 aliphatic rings. The average Bonchev–Trinajstić information content (AvgIpc) is 2.49. The molecular formula is C15H16BrClFN3. The second kappa shape index (κ2) is 7.18. The van der Waals surface area contributed by atoms with Gasteiger partial charge in [0.05, 0.1) is 15.2 Å². The highest BCUT2D eigenvalue weighted by atomic mass is 79.9. The molecule has 1 aromatic carbocycles. The van der Waals surface area contributed by atoms with E-state index in [1.807, 2.05) is 6.92 Å². The van der Waals surface area contributed by atoms with Crippen LogP contribution in [-0.4, -0.2) is 16.5 Å². The van der Waals surface area contributed by atoms with E-state index in [9.17, 15) is 4.39 Å². The molecule has 0 fully saturated rings. The van der Waals surface area contributed by atoms with E-state index >= 15 is 0 Å². The van der Waals surface area contributed by atoms with Gasteiger partial charge in [0.15, 0.2) is 5.82 Å². The van der Waals surface area contributed by atoms with Gasteiger partial charge in [-0.15, -0.1) is 0 Å². The van der Waals surface area contributed by atoms with Crippen molar-refractivity contribution in [3.05, 3.63) is 39.2 Å². The Morgan fingerprint density at radius 1 is 1.29 bits per heavy atom. The molecule has 1 aromatic heterocycles. The van der Waals surface area contributed by atoms with Crippen LogP contribution in [0.5, 0.6) is 0 Å². The molecule has 0 bridgehead atoms. The second-order valence-corrected chi connectivity index (χ2v) is 5.77. The highest BCUT2D eigenvalue weighted by Gasteiger charge is 2.13. The van der Waals surface area contributed by atoms with Gasteiger partial charge in [-0.1, -0.05) is 25.4 Å². The van der Waals surface area contributed by atoms with E-state index in [1.54, 1.807) is 12.1 Å². The lowest BCUT2D eigenvalue weighted by Gasteiger charge is -2.12. The summed E-state index contributed by atoms with van der Waals surface area (Å²) in [6, 6.07) is 4.50. The van der Waals surface area contributed by atoms with Gasteiger partial charge in [0.25, 0.3) is 0 Å². The number of aromatic nitrogens is 2. The number of halogens is 3. The zero-order valence-electron chi connectivity index (χ0n) is 11.9. The number of benzene rings is 1. The lowest BCUT2D eigenvalue weighted by Crippen LogP contribution is -2.07. The molecule has 1 N–H and O–H groups in total. The number of nitrogens with zero attached hydrogens (tertiary/aromatic N) is 2. The van der Waals surface area contributed by atoms with Crippen LogP contribution in [0.1, 0.15) is 26.0 Å². The Balaban J connectivity index is 2.49. The van der Waals surface area contributed by atoms with Crippen LogP contribution in [0.3, 0.4) is 0 Å². The van der Waals surface area contributed by atoms with Crippen molar-refractivity contribution < 1.29 is 4.39 Å². The molecule has 0 aliphatic carbocycles. The number of hydrogen-bond acceptors (Lipinski definition) is 3. The Morgan fingerprint density at radius 3 is 2.67 bits per heavy atom. The molecule has 0 aliphatic heterocycles. The SMILES string of the molecule is CCCNc1nc(-c2ccc(F)c(Cl)c2)nc(CC)c1Br. The van der Waals surface area contributed by atoms with Gasteiger partial charge >= 0.3 is 0 Å². The van der Waals surface area contributed by atoms with Crippen molar-refractivity contribution in [2.75, 3.05) is 11.9 Å². The summed E-state index contributed by atoms with van der Waals surface area (Å²) in [5.41, 5.74) is 1.60. The molecule has 3 nitrogen and oxygen atoms in total.